The van der Waals surface area contributed by atoms with E-state index in [9.17, 15) is 45.2 Å². The fourth-order valence-corrected chi connectivity index (χ4v) is 5.11. The summed E-state index contributed by atoms with van der Waals surface area (Å²) >= 11 is 0. The molecular weight excluding hydrogens is 570 g/mol. The molecule has 12 nitrogen and oxygen atoms in total. The van der Waals surface area contributed by atoms with Crippen molar-refractivity contribution in [1.29, 1.82) is 0 Å². The maximum absolute atomic E-state index is 12.9. The van der Waals surface area contributed by atoms with E-state index >= 15 is 0 Å². The molecule has 4 atom stereocenters. The van der Waals surface area contributed by atoms with Crippen LogP contribution >= 0.6 is 0 Å². The first kappa shape index (κ1) is 33.4. The van der Waals surface area contributed by atoms with Crippen molar-refractivity contribution < 1.29 is 59.7 Å². The molecule has 17 heteroatoms. The Morgan fingerprint density at radius 3 is 1.48 bits per heavy atom. The Bertz CT molecular complexity index is 1120. The quantitative estimate of drug-likeness (QED) is 0.303. The first-order chi connectivity index (χ1) is 18.0. The Morgan fingerprint density at radius 2 is 1.18 bits per heavy atom. The standard InChI is InChI=1S/C13H20F2N2O5S.C10H15F2NO4/c1-12(2,3)22-11(19)16-13(6-8(13)9(14)15)10(18)17-23(20,21)7-4-5-7;1-9(2,3)17-8(16)13-10(7(14)15)4-5(10)6(11)12/h7-9H,4-6H2,1-3H3,(H,16,19)(H,17,18);5-6H,4H2,1-3H3,(H,13,16)(H,14,15)/t8-,13+;5-,10+/m00/s1. The Labute approximate surface area is 228 Å². The van der Waals surface area contributed by atoms with Crippen molar-refractivity contribution >= 4 is 34.1 Å². The summed E-state index contributed by atoms with van der Waals surface area (Å²) in [5.41, 5.74) is -5.51. The predicted octanol–water partition coefficient (Wildman–Crippen LogP) is 2.76. The molecule has 0 saturated heterocycles. The minimum Gasteiger partial charge on any atom is -0.479 e. The lowest BCUT2D eigenvalue weighted by Gasteiger charge is -2.23. The van der Waals surface area contributed by atoms with Gasteiger partial charge in [0.2, 0.25) is 22.9 Å². The summed E-state index contributed by atoms with van der Waals surface area (Å²) in [6.45, 7) is 9.52. The van der Waals surface area contributed by atoms with Crippen LogP contribution in [0.25, 0.3) is 0 Å². The minimum atomic E-state index is -3.89. The highest BCUT2D eigenvalue weighted by molar-refractivity contribution is 7.91. The molecule has 0 heterocycles. The van der Waals surface area contributed by atoms with Gasteiger partial charge in [-0.1, -0.05) is 0 Å². The number of rotatable bonds is 8. The number of nitrogens with one attached hydrogen (secondary N) is 3. The van der Waals surface area contributed by atoms with Crippen molar-refractivity contribution in [2.75, 3.05) is 0 Å². The summed E-state index contributed by atoms with van der Waals surface area (Å²) in [5.74, 6) is -5.40. The van der Waals surface area contributed by atoms with Crippen LogP contribution in [0.3, 0.4) is 0 Å². The van der Waals surface area contributed by atoms with Crippen molar-refractivity contribution in [3.05, 3.63) is 0 Å². The highest BCUT2D eigenvalue weighted by Gasteiger charge is 2.67. The van der Waals surface area contributed by atoms with Crippen LogP contribution in [0.5, 0.6) is 0 Å². The molecule has 0 aliphatic heterocycles. The summed E-state index contributed by atoms with van der Waals surface area (Å²) in [6.07, 6.45) is -7.45. The summed E-state index contributed by atoms with van der Waals surface area (Å²) in [6, 6.07) is 0. The third-order valence-corrected chi connectivity index (χ3v) is 7.89. The second kappa shape index (κ2) is 11.2. The third kappa shape index (κ3) is 8.57. The first-order valence-electron chi connectivity index (χ1n) is 12.3. The molecule has 230 valence electrons. The second-order valence-corrected chi connectivity index (χ2v) is 13.9. The number of hydrogen-bond donors (Lipinski definition) is 4. The first-order valence-corrected chi connectivity index (χ1v) is 13.9. The molecule has 3 saturated carbocycles. The number of carbonyl (C=O) groups excluding carboxylic acids is 3. The summed E-state index contributed by atoms with van der Waals surface area (Å²) in [7, 11) is -3.89. The number of carboxylic acid groups (broad SMARTS) is 1. The second-order valence-electron chi connectivity index (χ2n) is 12.0. The van der Waals surface area contributed by atoms with Gasteiger partial charge in [0.15, 0.2) is 0 Å². The van der Waals surface area contributed by atoms with Crippen LogP contribution in [-0.2, 0) is 29.1 Å². The average molecular weight is 606 g/mol. The molecule has 0 unspecified atom stereocenters. The molecule has 4 N–H and O–H groups in total. The molecule has 0 aromatic heterocycles. The molecule has 0 aromatic rings. The van der Waals surface area contributed by atoms with Gasteiger partial charge >= 0.3 is 18.2 Å². The van der Waals surface area contributed by atoms with Crippen molar-refractivity contribution in [3.8, 4) is 0 Å². The number of alkyl carbamates (subject to hydrolysis) is 2. The fraction of sp³-hybridized carbons (Fsp3) is 0.826. The number of hydrogen-bond acceptors (Lipinski definition) is 8. The van der Waals surface area contributed by atoms with Gasteiger partial charge in [-0.3, -0.25) is 9.52 Å². The van der Waals surface area contributed by atoms with Gasteiger partial charge in [-0.15, -0.1) is 0 Å². The van der Waals surface area contributed by atoms with E-state index in [1.54, 1.807) is 46.3 Å². The van der Waals surface area contributed by atoms with E-state index in [1.807, 2.05) is 5.32 Å². The van der Waals surface area contributed by atoms with E-state index in [-0.39, 0.29) is 12.8 Å². The van der Waals surface area contributed by atoms with Gasteiger partial charge in [0.25, 0.3) is 5.91 Å². The molecular formula is C23H35F4N3O9S. The smallest absolute Gasteiger partial charge is 0.408 e. The summed E-state index contributed by atoms with van der Waals surface area (Å²) in [4.78, 5) is 46.2. The lowest BCUT2D eigenvalue weighted by atomic mass is 10.2. The van der Waals surface area contributed by atoms with E-state index in [4.69, 9.17) is 14.6 Å². The Balaban J connectivity index is 0.000000294. The molecule has 3 aliphatic rings. The molecule has 0 radical (unpaired) electrons. The van der Waals surface area contributed by atoms with Crippen LogP contribution in [0.15, 0.2) is 0 Å². The van der Waals surface area contributed by atoms with Crippen molar-refractivity contribution in [2.24, 2.45) is 11.8 Å². The van der Waals surface area contributed by atoms with Crippen LogP contribution in [-0.4, -0.2) is 78.0 Å². The van der Waals surface area contributed by atoms with Gasteiger partial charge < -0.3 is 25.2 Å². The number of carboxylic acids is 1. The molecule has 0 bridgehead atoms. The molecule has 3 aliphatic carbocycles. The number of sulfonamides is 1. The number of aliphatic carboxylic acids is 1. The maximum Gasteiger partial charge on any atom is 0.408 e. The largest absolute Gasteiger partial charge is 0.479 e. The highest BCUT2D eigenvalue weighted by Crippen LogP contribution is 2.49. The van der Waals surface area contributed by atoms with E-state index in [1.165, 1.54) is 0 Å². The SMILES string of the molecule is CC(C)(C)OC(=O)N[C@]1(C(=O)NS(=O)(=O)C2CC2)C[C@H]1C(F)F.CC(C)(C)OC(=O)N[C@]1(C(=O)O)C[C@H]1C(F)F. The van der Waals surface area contributed by atoms with Gasteiger partial charge in [-0.05, 0) is 67.2 Å². The zero-order chi connectivity index (χ0) is 31.1. The zero-order valence-electron chi connectivity index (χ0n) is 22.8. The predicted molar refractivity (Wildman–Crippen MR) is 130 cm³/mol. The van der Waals surface area contributed by atoms with Crippen molar-refractivity contribution in [3.63, 3.8) is 0 Å². The van der Waals surface area contributed by atoms with Gasteiger partial charge in [0, 0.05) is 0 Å². The number of ether oxygens (including phenoxy) is 2. The molecule has 3 amide bonds. The Kier molecular flexibility index (Phi) is 9.34. The van der Waals surface area contributed by atoms with Crippen molar-refractivity contribution in [1.82, 2.24) is 15.4 Å². The Morgan fingerprint density at radius 1 is 0.800 bits per heavy atom. The average Bonchev–Trinajstić information content (AvgIpc) is 3.59. The van der Waals surface area contributed by atoms with E-state index < -0.39 is 86.3 Å². The van der Waals surface area contributed by atoms with Gasteiger partial charge in [-0.25, -0.2) is 40.4 Å². The highest BCUT2D eigenvalue weighted by atomic mass is 32.2. The molecule has 40 heavy (non-hydrogen) atoms. The van der Waals surface area contributed by atoms with Gasteiger partial charge in [0.05, 0.1) is 17.1 Å². The molecule has 3 fully saturated rings. The van der Waals surface area contributed by atoms with Crippen molar-refractivity contribution in [2.45, 2.75) is 108 Å². The zero-order valence-corrected chi connectivity index (χ0v) is 23.7. The topological polar surface area (TPSA) is 177 Å². The van der Waals surface area contributed by atoms with Crippen LogP contribution < -0.4 is 15.4 Å². The number of carbonyl (C=O) groups is 4. The van der Waals surface area contributed by atoms with E-state index in [0.29, 0.717) is 12.8 Å². The normalized spacial score (nSPS) is 27.6. The molecule has 3 rings (SSSR count). The number of alkyl halides is 4. The number of amides is 3. The lowest BCUT2D eigenvalue weighted by molar-refractivity contribution is -0.142. The minimum absolute atomic E-state index is 0.279. The van der Waals surface area contributed by atoms with Crippen LogP contribution in [0.4, 0.5) is 27.2 Å². The van der Waals surface area contributed by atoms with Crippen LogP contribution in [0.2, 0.25) is 0 Å². The van der Waals surface area contributed by atoms with Crippen LogP contribution in [0, 0.1) is 11.8 Å². The van der Waals surface area contributed by atoms with Crippen LogP contribution in [0.1, 0.15) is 67.2 Å². The number of halogens is 4. The monoisotopic (exact) mass is 605 g/mol. The Hall–Kier alpha value is -2.85. The van der Waals surface area contributed by atoms with Gasteiger partial charge in [-0.2, -0.15) is 0 Å². The van der Waals surface area contributed by atoms with Gasteiger partial charge in [0.1, 0.15) is 22.3 Å². The lowest BCUT2D eigenvalue weighted by Crippen LogP contribution is -2.53. The maximum atomic E-state index is 12.9. The fourth-order valence-electron chi connectivity index (χ4n) is 3.74. The summed E-state index contributed by atoms with van der Waals surface area (Å²) < 4.78 is 85.9. The molecule has 0 spiro atoms. The summed E-state index contributed by atoms with van der Waals surface area (Å²) in [5, 5.41) is 12.3. The third-order valence-electron chi connectivity index (χ3n) is 6.07. The van der Waals surface area contributed by atoms with E-state index in [2.05, 4.69) is 5.32 Å². The molecule has 0 aromatic carbocycles. The van der Waals surface area contributed by atoms with E-state index in [0.717, 1.165) is 0 Å².